The number of hydrogen-bond acceptors (Lipinski definition) is 3. The van der Waals surface area contributed by atoms with Gasteiger partial charge in [-0.25, -0.2) is 0 Å². The summed E-state index contributed by atoms with van der Waals surface area (Å²) in [4.78, 5) is 1.56. The largest absolute Gasteiger partial charge is 0.330 e. The maximum absolute atomic E-state index is 5.50. The molecule has 0 saturated heterocycles. The normalized spacial score (nSPS) is 19.8. The Morgan fingerprint density at radius 1 is 1.50 bits per heavy atom. The Morgan fingerprint density at radius 2 is 2.38 bits per heavy atom. The third-order valence-electron chi connectivity index (χ3n) is 3.11. The van der Waals surface area contributed by atoms with Gasteiger partial charge in [0.1, 0.15) is 0 Å². The van der Waals surface area contributed by atoms with Gasteiger partial charge in [0.2, 0.25) is 0 Å². The zero-order valence-corrected chi connectivity index (χ0v) is 11.9. The van der Waals surface area contributed by atoms with Crippen LogP contribution in [-0.4, -0.2) is 13.1 Å². The third kappa shape index (κ3) is 3.06. The van der Waals surface area contributed by atoms with Crippen molar-refractivity contribution in [2.45, 2.75) is 38.1 Å². The fraction of sp³-hybridized carbons (Fsp3) is 0.667. The quantitative estimate of drug-likeness (QED) is 0.820. The predicted octanol–water partition coefficient (Wildman–Crippen LogP) is 3.22. The molecule has 0 bridgehead atoms. The number of nitrogens with two attached hydrogens (primary N) is 1. The number of unbranched alkanes of at least 4 members (excludes halogenated alkanes) is 1. The highest BCUT2D eigenvalue weighted by atomic mass is 79.9. The average molecular weight is 303 g/mol. The Kier molecular flexibility index (Phi) is 4.82. The van der Waals surface area contributed by atoms with E-state index in [1.165, 1.54) is 35.0 Å². The van der Waals surface area contributed by atoms with Gasteiger partial charge in [-0.2, -0.15) is 0 Å². The first-order valence-corrected chi connectivity index (χ1v) is 7.64. The molecule has 2 rings (SSSR count). The minimum atomic E-state index is 0.573. The van der Waals surface area contributed by atoms with Crippen molar-refractivity contribution in [2.75, 3.05) is 13.1 Å². The minimum Gasteiger partial charge on any atom is -0.330 e. The molecular weight excluding hydrogens is 284 g/mol. The molecule has 1 aromatic heterocycles. The molecule has 0 fully saturated rings. The number of aryl methyl sites for hydroxylation is 1. The van der Waals surface area contributed by atoms with Gasteiger partial charge in [-0.15, -0.1) is 11.3 Å². The van der Waals surface area contributed by atoms with Crippen molar-refractivity contribution in [3.63, 3.8) is 0 Å². The van der Waals surface area contributed by atoms with Crippen LogP contribution in [0, 0.1) is 0 Å². The van der Waals surface area contributed by atoms with E-state index in [9.17, 15) is 0 Å². The van der Waals surface area contributed by atoms with Crippen LogP contribution in [0.4, 0.5) is 0 Å². The second kappa shape index (κ2) is 6.15. The summed E-state index contributed by atoms with van der Waals surface area (Å²) in [5, 5.41) is 3.66. The van der Waals surface area contributed by atoms with Gasteiger partial charge in [0.15, 0.2) is 0 Å². The SMILES string of the molecule is NCCCCNC1CCCc2sc(Br)cc21. The highest BCUT2D eigenvalue weighted by molar-refractivity contribution is 9.11. The molecule has 0 aromatic carbocycles. The van der Waals surface area contributed by atoms with Gasteiger partial charge in [-0.3, -0.25) is 0 Å². The van der Waals surface area contributed by atoms with Crippen molar-refractivity contribution in [3.05, 3.63) is 20.3 Å². The highest BCUT2D eigenvalue weighted by Crippen LogP contribution is 2.37. The molecule has 0 spiro atoms. The van der Waals surface area contributed by atoms with Crippen molar-refractivity contribution >= 4 is 27.3 Å². The zero-order chi connectivity index (χ0) is 11.4. The van der Waals surface area contributed by atoms with Crippen molar-refractivity contribution in [3.8, 4) is 0 Å². The first kappa shape index (κ1) is 12.6. The molecule has 0 radical (unpaired) electrons. The summed E-state index contributed by atoms with van der Waals surface area (Å²) < 4.78 is 1.27. The van der Waals surface area contributed by atoms with Crippen LogP contribution in [0.1, 0.15) is 42.2 Å². The Morgan fingerprint density at radius 3 is 3.19 bits per heavy atom. The average Bonchev–Trinajstić information content (AvgIpc) is 2.65. The molecule has 90 valence electrons. The maximum atomic E-state index is 5.50. The molecule has 1 heterocycles. The Bertz CT molecular complexity index is 338. The zero-order valence-electron chi connectivity index (χ0n) is 9.47. The topological polar surface area (TPSA) is 38.0 Å². The summed E-state index contributed by atoms with van der Waals surface area (Å²) >= 11 is 5.48. The van der Waals surface area contributed by atoms with Crippen LogP contribution in [0.3, 0.4) is 0 Å². The Hall–Kier alpha value is 0.100. The van der Waals surface area contributed by atoms with Crippen LogP contribution in [0.2, 0.25) is 0 Å². The number of halogens is 1. The Labute approximate surface area is 110 Å². The van der Waals surface area contributed by atoms with Gasteiger partial charge in [-0.05, 0) is 72.8 Å². The van der Waals surface area contributed by atoms with Crippen LogP contribution < -0.4 is 11.1 Å². The van der Waals surface area contributed by atoms with E-state index < -0.39 is 0 Å². The molecule has 4 heteroatoms. The monoisotopic (exact) mass is 302 g/mol. The van der Waals surface area contributed by atoms with Crippen LogP contribution in [0.5, 0.6) is 0 Å². The van der Waals surface area contributed by atoms with Gasteiger partial charge in [0, 0.05) is 10.9 Å². The van der Waals surface area contributed by atoms with Crippen LogP contribution >= 0.6 is 27.3 Å². The minimum absolute atomic E-state index is 0.573. The van der Waals surface area contributed by atoms with Crippen LogP contribution in [0.15, 0.2) is 9.85 Å². The first-order chi connectivity index (χ1) is 7.81. The fourth-order valence-electron chi connectivity index (χ4n) is 2.28. The summed E-state index contributed by atoms with van der Waals surface area (Å²) in [5.41, 5.74) is 7.02. The second-order valence-electron chi connectivity index (χ2n) is 4.32. The lowest BCUT2D eigenvalue weighted by molar-refractivity contribution is 0.456. The molecule has 1 aliphatic rings. The van der Waals surface area contributed by atoms with E-state index in [1.807, 2.05) is 11.3 Å². The van der Waals surface area contributed by atoms with E-state index in [2.05, 4.69) is 27.3 Å². The number of rotatable bonds is 5. The predicted molar refractivity (Wildman–Crippen MR) is 74.0 cm³/mol. The molecule has 1 aliphatic carbocycles. The first-order valence-electron chi connectivity index (χ1n) is 6.03. The number of thiophene rings is 1. The molecule has 1 aromatic rings. The van der Waals surface area contributed by atoms with E-state index in [0.29, 0.717) is 6.04 Å². The number of hydrogen-bond donors (Lipinski definition) is 2. The number of fused-ring (bicyclic) bond motifs is 1. The van der Waals surface area contributed by atoms with Gasteiger partial charge in [0.25, 0.3) is 0 Å². The molecule has 2 nitrogen and oxygen atoms in total. The maximum Gasteiger partial charge on any atom is 0.0704 e. The summed E-state index contributed by atoms with van der Waals surface area (Å²) in [6, 6.07) is 2.86. The summed E-state index contributed by atoms with van der Waals surface area (Å²) in [6.07, 6.45) is 6.16. The Balaban J connectivity index is 1.91. The van der Waals surface area contributed by atoms with Crippen LogP contribution in [-0.2, 0) is 6.42 Å². The third-order valence-corrected chi connectivity index (χ3v) is 4.82. The highest BCUT2D eigenvalue weighted by Gasteiger charge is 2.21. The van der Waals surface area contributed by atoms with E-state index in [0.717, 1.165) is 19.5 Å². The molecule has 1 unspecified atom stereocenters. The molecular formula is C12H19BrN2S. The van der Waals surface area contributed by atoms with Crippen molar-refractivity contribution in [1.29, 1.82) is 0 Å². The molecule has 1 atom stereocenters. The van der Waals surface area contributed by atoms with Crippen molar-refractivity contribution in [1.82, 2.24) is 5.32 Å². The summed E-state index contributed by atoms with van der Waals surface area (Å²) in [5.74, 6) is 0. The molecule has 16 heavy (non-hydrogen) atoms. The summed E-state index contributed by atoms with van der Waals surface area (Å²) in [6.45, 7) is 1.90. The lowest BCUT2D eigenvalue weighted by Gasteiger charge is -2.23. The fourth-order valence-corrected chi connectivity index (χ4v) is 4.10. The van der Waals surface area contributed by atoms with E-state index in [1.54, 1.807) is 4.88 Å². The molecule has 3 N–H and O–H groups in total. The lowest BCUT2D eigenvalue weighted by Crippen LogP contribution is -2.25. The van der Waals surface area contributed by atoms with Crippen molar-refractivity contribution < 1.29 is 0 Å². The van der Waals surface area contributed by atoms with Crippen LogP contribution in [0.25, 0.3) is 0 Å². The van der Waals surface area contributed by atoms with E-state index in [4.69, 9.17) is 5.73 Å². The lowest BCUT2D eigenvalue weighted by atomic mass is 9.94. The number of nitrogens with one attached hydrogen (secondary N) is 1. The standard InChI is InChI=1S/C12H19BrN2S/c13-12-8-9-10(15-7-2-1-6-14)4-3-5-11(9)16-12/h8,10,15H,1-7,14H2. The van der Waals surface area contributed by atoms with Gasteiger partial charge in [-0.1, -0.05) is 0 Å². The molecule has 0 aliphatic heterocycles. The van der Waals surface area contributed by atoms with E-state index >= 15 is 0 Å². The van der Waals surface area contributed by atoms with Gasteiger partial charge in [0.05, 0.1) is 3.79 Å². The smallest absolute Gasteiger partial charge is 0.0704 e. The van der Waals surface area contributed by atoms with Gasteiger partial charge < -0.3 is 11.1 Å². The summed E-state index contributed by atoms with van der Waals surface area (Å²) in [7, 11) is 0. The van der Waals surface area contributed by atoms with Gasteiger partial charge >= 0.3 is 0 Å². The molecule has 0 amide bonds. The van der Waals surface area contributed by atoms with Crippen molar-refractivity contribution in [2.24, 2.45) is 5.73 Å². The second-order valence-corrected chi connectivity index (χ2v) is 6.84. The molecule has 0 saturated carbocycles. The van der Waals surface area contributed by atoms with E-state index in [-0.39, 0.29) is 0 Å².